The Hall–Kier alpha value is -1.77. The molecule has 19 heavy (non-hydrogen) atoms. The van der Waals surface area contributed by atoms with Crippen LogP contribution in [0.2, 0.25) is 0 Å². The predicted octanol–water partition coefficient (Wildman–Crippen LogP) is 2.80. The highest BCUT2D eigenvalue weighted by molar-refractivity contribution is 5.87. The smallest absolute Gasteiger partial charge is 0.210 e. The molecule has 3 nitrogen and oxygen atoms in total. The first kappa shape index (κ1) is 11.1. The maximum Gasteiger partial charge on any atom is 0.210 e. The van der Waals surface area contributed by atoms with Crippen LogP contribution >= 0.6 is 0 Å². The third kappa shape index (κ3) is 1.41. The van der Waals surface area contributed by atoms with Crippen molar-refractivity contribution in [3.63, 3.8) is 0 Å². The summed E-state index contributed by atoms with van der Waals surface area (Å²) in [6.07, 6.45) is 4.49. The second-order valence-corrected chi connectivity index (χ2v) is 5.79. The largest absolute Gasteiger partial charge is 0.341 e. The van der Waals surface area contributed by atoms with E-state index in [1.165, 1.54) is 34.1 Å². The lowest BCUT2D eigenvalue weighted by Gasteiger charge is -2.37. The fourth-order valence-corrected chi connectivity index (χ4v) is 3.87. The molecule has 1 aliphatic heterocycles. The third-order valence-electron chi connectivity index (χ3n) is 4.71. The van der Waals surface area contributed by atoms with Gasteiger partial charge in [0.15, 0.2) is 0 Å². The van der Waals surface area contributed by atoms with Crippen molar-refractivity contribution in [1.82, 2.24) is 9.47 Å². The number of benzene rings is 1. The zero-order chi connectivity index (χ0) is 13.0. The molecule has 0 saturated carbocycles. The summed E-state index contributed by atoms with van der Waals surface area (Å²) in [5.74, 6) is 0. The zero-order valence-corrected chi connectivity index (χ0v) is 11.2. The molecule has 2 heterocycles. The van der Waals surface area contributed by atoms with Crippen LogP contribution in [0.5, 0.6) is 0 Å². The molecule has 1 atom stereocenters. The van der Waals surface area contributed by atoms with Crippen molar-refractivity contribution in [3.05, 3.63) is 35.0 Å². The normalized spacial score (nSPS) is 21.5. The number of hydrogen-bond donors (Lipinski definition) is 0. The SMILES string of the molecule is Cc1ccc2c(c1)c1c3n2CCN(C=O)[C@H]3CCC1. The Morgan fingerprint density at radius 1 is 1.32 bits per heavy atom. The van der Waals surface area contributed by atoms with Gasteiger partial charge < -0.3 is 9.47 Å². The lowest BCUT2D eigenvalue weighted by Crippen LogP contribution is -2.38. The highest BCUT2D eigenvalue weighted by Crippen LogP contribution is 2.42. The highest BCUT2D eigenvalue weighted by Gasteiger charge is 2.33. The maximum absolute atomic E-state index is 11.3. The van der Waals surface area contributed by atoms with Crippen LogP contribution in [-0.4, -0.2) is 22.4 Å². The average molecular weight is 254 g/mol. The topological polar surface area (TPSA) is 25.2 Å². The summed E-state index contributed by atoms with van der Waals surface area (Å²) in [6.45, 7) is 3.93. The second kappa shape index (κ2) is 3.86. The van der Waals surface area contributed by atoms with Crippen molar-refractivity contribution in [2.24, 2.45) is 0 Å². The molecule has 2 aliphatic rings. The molecule has 0 bridgehead atoms. The van der Waals surface area contributed by atoms with Gasteiger partial charge in [0.1, 0.15) is 0 Å². The standard InChI is InChI=1S/C16H18N2O/c1-11-5-6-14-13(9-11)12-3-2-4-15-16(12)18(14)8-7-17(15)10-19/h5-6,9-10,15H,2-4,7-8H2,1H3/t15-/m0/s1. The molecule has 0 N–H and O–H groups in total. The Morgan fingerprint density at radius 3 is 3.05 bits per heavy atom. The van der Waals surface area contributed by atoms with E-state index in [9.17, 15) is 4.79 Å². The monoisotopic (exact) mass is 254 g/mol. The van der Waals surface area contributed by atoms with Crippen molar-refractivity contribution in [1.29, 1.82) is 0 Å². The first-order chi connectivity index (χ1) is 9.29. The molecule has 1 aromatic carbocycles. The third-order valence-corrected chi connectivity index (χ3v) is 4.71. The van der Waals surface area contributed by atoms with Crippen molar-refractivity contribution >= 4 is 17.3 Å². The van der Waals surface area contributed by atoms with Crippen molar-refractivity contribution in [2.45, 2.75) is 38.8 Å². The van der Waals surface area contributed by atoms with E-state index >= 15 is 0 Å². The molecule has 1 aliphatic carbocycles. The van der Waals surface area contributed by atoms with Gasteiger partial charge in [0.05, 0.1) is 6.04 Å². The van der Waals surface area contributed by atoms with Crippen LogP contribution in [0, 0.1) is 6.92 Å². The Balaban J connectivity index is 2.04. The number of fused-ring (bicyclic) bond motifs is 3. The Labute approximate surface area is 112 Å². The Kier molecular flexibility index (Phi) is 2.25. The van der Waals surface area contributed by atoms with Crippen LogP contribution in [0.15, 0.2) is 18.2 Å². The van der Waals surface area contributed by atoms with Gasteiger partial charge >= 0.3 is 0 Å². The van der Waals surface area contributed by atoms with Crippen LogP contribution < -0.4 is 0 Å². The summed E-state index contributed by atoms with van der Waals surface area (Å²) >= 11 is 0. The van der Waals surface area contributed by atoms with Crippen molar-refractivity contribution < 1.29 is 4.79 Å². The number of hydrogen-bond acceptors (Lipinski definition) is 1. The Morgan fingerprint density at radius 2 is 2.21 bits per heavy atom. The number of carbonyl (C=O) groups excluding carboxylic acids is 1. The van der Waals surface area contributed by atoms with E-state index in [2.05, 4.69) is 29.7 Å². The molecule has 3 heteroatoms. The van der Waals surface area contributed by atoms with Gasteiger partial charge in [-0.2, -0.15) is 0 Å². The van der Waals surface area contributed by atoms with Gasteiger partial charge in [-0.05, 0) is 43.9 Å². The molecule has 4 rings (SSSR count). The number of amides is 1. The molecule has 0 radical (unpaired) electrons. The minimum atomic E-state index is 0.308. The van der Waals surface area contributed by atoms with E-state index in [4.69, 9.17) is 0 Å². The van der Waals surface area contributed by atoms with Crippen LogP contribution in [0.4, 0.5) is 0 Å². The Bertz CT molecular complexity index is 671. The van der Waals surface area contributed by atoms with E-state index in [1.807, 2.05) is 4.90 Å². The summed E-state index contributed by atoms with van der Waals surface area (Å²) in [6, 6.07) is 7.06. The first-order valence-electron chi connectivity index (χ1n) is 7.12. The summed E-state index contributed by atoms with van der Waals surface area (Å²) in [5, 5.41) is 1.41. The quantitative estimate of drug-likeness (QED) is 0.718. The first-order valence-corrected chi connectivity index (χ1v) is 7.12. The fraction of sp³-hybridized carbons (Fsp3) is 0.438. The van der Waals surface area contributed by atoms with Gasteiger partial charge in [-0.15, -0.1) is 0 Å². The molecule has 1 amide bonds. The van der Waals surface area contributed by atoms with Crippen LogP contribution in [0.25, 0.3) is 10.9 Å². The van der Waals surface area contributed by atoms with E-state index in [-0.39, 0.29) is 0 Å². The molecule has 1 aromatic heterocycles. The summed E-state index contributed by atoms with van der Waals surface area (Å²) in [4.78, 5) is 13.3. The summed E-state index contributed by atoms with van der Waals surface area (Å²) < 4.78 is 2.45. The minimum Gasteiger partial charge on any atom is -0.341 e. The molecule has 0 saturated heterocycles. The van der Waals surface area contributed by atoms with Gasteiger partial charge in [-0.3, -0.25) is 4.79 Å². The molecule has 2 aromatic rings. The lowest BCUT2D eigenvalue weighted by atomic mass is 9.90. The molecular weight excluding hydrogens is 236 g/mol. The fourth-order valence-electron chi connectivity index (χ4n) is 3.87. The van der Waals surface area contributed by atoms with E-state index in [0.717, 1.165) is 32.3 Å². The summed E-state index contributed by atoms with van der Waals surface area (Å²) in [5.41, 5.74) is 5.57. The highest BCUT2D eigenvalue weighted by atomic mass is 16.1. The second-order valence-electron chi connectivity index (χ2n) is 5.79. The number of carbonyl (C=O) groups is 1. The van der Waals surface area contributed by atoms with Gasteiger partial charge in [0.25, 0.3) is 0 Å². The van der Waals surface area contributed by atoms with Crippen LogP contribution in [-0.2, 0) is 17.8 Å². The average Bonchev–Trinajstić information content (AvgIpc) is 2.75. The van der Waals surface area contributed by atoms with Crippen LogP contribution in [0.3, 0.4) is 0 Å². The number of rotatable bonds is 1. The van der Waals surface area contributed by atoms with E-state index < -0.39 is 0 Å². The zero-order valence-electron chi connectivity index (χ0n) is 11.2. The van der Waals surface area contributed by atoms with Gasteiger partial charge in [0.2, 0.25) is 6.41 Å². The van der Waals surface area contributed by atoms with Gasteiger partial charge in [0, 0.05) is 29.7 Å². The van der Waals surface area contributed by atoms with Crippen LogP contribution in [0.1, 0.15) is 35.7 Å². The minimum absolute atomic E-state index is 0.308. The lowest BCUT2D eigenvalue weighted by molar-refractivity contribution is -0.121. The van der Waals surface area contributed by atoms with E-state index in [0.29, 0.717) is 6.04 Å². The van der Waals surface area contributed by atoms with Crippen molar-refractivity contribution in [2.75, 3.05) is 6.54 Å². The van der Waals surface area contributed by atoms with E-state index in [1.54, 1.807) is 0 Å². The predicted molar refractivity (Wildman–Crippen MR) is 75.1 cm³/mol. The molecule has 0 spiro atoms. The number of aromatic nitrogens is 1. The van der Waals surface area contributed by atoms with Crippen molar-refractivity contribution in [3.8, 4) is 0 Å². The molecule has 0 fully saturated rings. The van der Waals surface area contributed by atoms with Gasteiger partial charge in [-0.1, -0.05) is 11.6 Å². The molecular formula is C16H18N2O. The van der Waals surface area contributed by atoms with Gasteiger partial charge in [-0.25, -0.2) is 0 Å². The number of nitrogens with zero attached hydrogens (tertiary/aromatic N) is 2. The molecule has 98 valence electrons. The molecule has 0 unspecified atom stereocenters. The maximum atomic E-state index is 11.3. The number of aryl methyl sites for hydroxylation is 2. The summed E-state index contributed by atoms with van der Waals surface area (Å²) in [7, 11) is 0.